The molecule has 0 amide bonds. The first-order valence-electron chi connectivity index (χ1n) is 15.3. The molecular weight excluding hydrogens is 652 g/mol. The Morgan fingerprint density at radius 2 is 1.90 bits per heavy atom. The number of hydrogen-bond donors (Lipinski definition) is 1. The number of rotatable bonds is 7. The SMILES string of the molecule is Cc1cc(Nc2ncnc3cc4c(nc23)N2CCN(S(=O)(=O)c3ccccc3[N+](=O)[O-])CC(CO4)C2)ccc1Oc1ccn2ncnc2c1. The minimum Gasteiger partial charge on any atom is -0.489 e. The highest BCUT2D eigenvalue weighted by Gasteiger charge is 2.37. The molecule has 1 saturated heterocycles. The third-order valence-electron chi connectivity index (χ3n) is 8.49. The Balaban J connectivity index is 1.05. The van der Waals surface area contributed by atoms with Crippen molar-refractivity contribution in [3.8, 4) is 17.2 Å². The van der Waals surface area contributed by atoms with Crippen LogP contribution in [-0.4, -0.2) is 80.0 Å². The number of nitro groups is 1. The van der Waals surface area contributed by atoms with Crippen LogP contribution in [-0.2, 0) is 10.0 Å². The number of anilines is 3. The number of aryl methyl sites for hydroxylation is 1. The Morgan fingerprint density at radius 1 is 1.02 bits per heavy atom. The predicted octanol–water partition coefficient (Wildman–Crippen LogP) is 4.34. The van der Waals surface area contributed by atoms with Crippen LogP contribution in [0.1, 0.15) is 5.56 Å². The zero-order valence-corrected chi connectivity index (χ0v) is 26.8. The summed E-state index contributed by atoms with van der Waals surface area (Å²) in [5, 5.41) is 19.1. The van der Waals surface area contributed by atoms with Crippen molar-refractivity contribution in [2.24, 2.45) is 5.92 Å². The number of nitrogens with one attached hydrogen (secondary N) is 1. The van der Waals surface area contributed by atoms with Crippen LogP contribution in [0.15, 0.2) is 84.4 Å². The monoisotopic (exact) mass is 680 g/mol. The molecule has 6 aromatic rings. The second-order valence-electron chi connectivity index (χ2n) is 11.7. The van der Waals surface area contributed by atoms with Gasteiger partial charge in [0, 0.05) is 62.2 Å². The maximum atomic E-state index is 13.7. The van der Waals surface area contributed by atoms with Crippen molar-refractivity contribution in [2.45, 2.75) is 11.8 Å². The van der Waals surface area contributed by atoms with Gasteiger partial charge in [0.05, 0.1) is 17.0 Å². The van der Waals surface area contributed by atoms with Crippen molar-refractivity contribution in [1.29, 1.82) is 0 Å². The van der Waals surface area contributed by atoms with Gasteiger partial charge in [0.1, 0.15) is 29.7 Å². The number of hydrogen-bond acceptors (Lipinski definition) is 13. The lowest BCUT2D eigenvalue weighted by atomic mass is 10.1. The number of ether oxygens (including phenoxy) is 2. The summed E-state index contributed by atoms with van der Waals surface area (Å²) < 4.78 is 42.6. The lowest BCUT2D eigenvalue weighted by Gasteiger charge is -2.24. The van der Waals surface area contributed by atoms with Crippen LogP contribution in [0.5, 0.6) is 17.2 Å². The van der Waals surface area contributed by atoms with E-state index in [0.29, 0.717) is 58.7 Å². The molecule has 1 fully saturated rings. The molecule has 0 radical (unpaired) electrons. The first-order chi connectivity index (χ1) is 23.7. The van der Waals surface area contributed by atoms with Gasteiger partial charge in [0.25, 0.3) is 5.69 Å². The zero-order chi connectivity index (χ0) is 33.7. The molecule has 17 heteroatoms. The number of nitro benzene ring substituents is 1. The van der Waals surface area contributed by atoms with Crippen LogP contribution in [0.3, 0.4) is 0 Å². The van der Waals surface area contributed by atoms with E-state index in [9.17, 15) is 18.5 Å². The molecule has 2 aromatic carbocycles. The molecule has 248 valence electrons. The third kappa shape index (κ3) is 5.67. The molecule has 0 saturated carbocycles. The fourth-order valence-electron chi connectivity index (χ4n) is 6.11. The van der Waals surface area contributed by atoms with Gasteiger partial charge in [-0.2, -0.15) is 9.40 Å². The highest BCUT2D eigenvalue weighted by Crippen LogP contribution is 2.37. The molecule has 1 unspecified atom stereocenters. The molecule has 16 nitrogen and oxygen atoms in total. The minimum atomic E-state index is -4.15. The number of pyridine rings is 2. The Hall–Kier alpha value is -5.94. The van der Waals surface area contributed by atoms with Crippen LogP contribution in [0.25, 0.3) is 16.7 Å². The molecule has 4 aromatic heterocycles. The molecule has 2 aliphatic heterocycles. The second-order valence-corrected chi connectivity index (χ2v) is 13.7. The number of aromatic nitrogens is 6. The first kappa shape index (κ1) is 30.4. The molecule has 6 heterocycles. The third-order valence-corrected chi connectivity index (χ3v) is 10.4. The first-order valence-corrected chi connectivity index (χ1v) is 16.8. The lowest BCUT2D eigenvalue weighted by molar-refractivity contribution is -0.387. The van der Waals surface area contributed by atoms with Gasteiger partial charge in [-0.25, -0.2) is 32.9 Å². The summed E-state index contributed by atoms with van der Waals surface area (Å²) in [6.07, 6.45) is 4.72. The summed E-state index contributed by atoms with van der Waals surface area (Å²) in [4.78, 5) is 30.7. The molecule has 8 rings (SSSR count). The van der Waals surface area contributed by atoms with Crippen molar-refractivity contribution in [3.63, 3.8) is 0 Å². The molecule has 1 N–H and O–H groups in total. The van der Waals surface area contributed by atoms with Gasteiger partial charge in [-0.15, -0.1) is 0 Å². The number of nitrogens with zero attached hydrogens (tertiary/aromatic N) is 9. The molecule has 49 heavy (non-hydrogen) atoms. The standard InChI is InChI=1S/C32H28N10O6S/c1-20-12-22(6-7-26(20)48-23-8-9-41-29(13-23)34-19-36-41)37-31-30-24(33-18-35-31)14-27-32(38-30)39-10-11-40(16-21(15-39)17-47-27)49(45,46)28-5-3-2-4-25(28)42(43)44/h2-9,12-14,18-19,21H,10-11,15-17H2,1H3,(H,33,35,37). The Kier molecular flexibility index (Phi) is 7.41. The van der Waals surface area contributed by atoms with Crippen molar-refractivity contribution in [3.05, 3.63) is 95.2 Å². The van der Waals surface area contributed by atoms with Crippen molar-refractivity contribution < 1.29 is 22.8 Å². The fraction of sp³-hybridized carbons (Fsp3) is 0.219. The van der Waals surface area contributed by atoms with E-state index >= 15 is 0 Å². The largest absolute Gasteiger partial charge is 0.489 e. The predicted molar refractivity (Wildman–Crippen MR) is 178 cm³/mol. The fourth-order valence-corrected chi connectivity index (χ4v) is 7.77. The topological polar surface area (TPSA) is 183 Å². The summed E-state index contributed by atoms with van der Waals surface area (Å²) >= 11 is 0. The summed E-state index contributed by atoms with van der Waals surface area (Å²) in [6, 6.07) is 16.5. The van der Waals surface area contributed by atoms with E-state index in [2.05, 4.69) is 25.4 Å². The molecule has 0 spiro atoms. The molecule has 2 aliphatic rings. The van der Waals surface area contributed by atoms with Gasteiger partial charge in [0.15, 0.2) is 27.9 Å². The van der Waals surface area contributed by atoms with Crippen molar-refractivity contribution >= 4 is 49.7 Å². The van der Waals surface area contributed by atoms with Crippen molar-refractivity contribution in [2.75, 3.05) is 43.0 Å². The zero-order valence-electron chi connectivity index (χ0n) is 26.0. The lowest BCUT2D eigenvalue weighted by Crippen LogP contribution is -2.37. The minimum absolute atomic E-state index is 0.112. The van der Waals surface area contributed by atoms with E-state index in [1.54, 1.807) is 10.7 Å². The van der Waals surface area contributed by atoms with E-state index in [4.69, 9.17) is 14.5 Å². The number of sulfonamides is 1. The maximum absolute atomic E-state index is 13.7. The summed E-state index contributed by atoms with van der Waals surface area (Å²) in [5.41, 5.74) is 2.96. The van der Waals surface area contributed by atoms with Crippen LogP contribution >= 0.6 is 0 Å². The highest BCUT2D eigenvalue weighted by atomic mass is 32.2. The Bertz CT molecular complexity index is 2370. The van der Waals surface area contributed by atoms with Gasteiger partial charge in [0.2, 0.25) is 10.0 Å². The van der Waals surface area contributed by atoms with E-state index < -0.39 is 20.6 Å². The van der Waals surface area contributed by atoms with E-state index in [1.807, 2.05) is 48.2 Å². The second kappa shape index (κ2) is 11.9. The number of benzene rings is 2. The van der Waals surface area contributed by atoms with Gasteiger partial charge < -0.3 is 19.7 Å². The van der Waals surface area contributed by atoms with Gasteiger partial charge in [-0.1, -0.05) is 12.1 Å². The van der Waals surface area contributed by atoms with E-state index in [-0.39, 0.29) is 30.5 Å². The normalized spacial score (nSPS) is 16.4. The maximum Gasteiger partial charge on any atom is 0.289 e. The highest BCUT2D eigenvalue weighted by molar-refractivity contribution is 7.89. The van der Waals surface area contributed by atoms with Gasteiger partial charge >= 0.3 is 0 Å². The van der Waals surface area contributed by atoms with E-state index in [0.717, 1.165) is 11.3 Å². The average molecular weight is 681 g/mol. The number of para-hydroxylation sites is 1. The van der Waals surface area contributed by atoms with Crippen molar-refractivity contribution in [1.82, 2.24) is 33.9 Å². The Morgan fingerprint density at radius 3 is 2.76 bits per heavy atom. The van der Waals surface area contributed by atoms with Crippen LogP contribution in [0.2, 0.25) is 0 Å². The molecule has 1 atom stereocenters. The quantitative estimate of drug-likeness (QED) is 0.186. The summed E-state index contributed by atoms with van der Waals surface area (Å²) in [7, 11) is -4.15. The smallest absolute Gasteiger partial charge is 0.289 e. The molecule has 2 bridgehead atoms. The number of fused-ring (bicyclic) bond motifs is 6. The van der Waals surface area contributed by atoms with Crippen LogP contribution in [0, 0.1) is 23.0 Å². The van der Waals surface area contributed by atoms with Gasteiger partial charge in [-0.3, -0.25) is 10.1 Å². The average Bonchev–Trinajstić information content (AvgIpc) is 3.37. The molecule has 0 aliphatic carbocycles. The van der Waals surface area contributed by atoms with Gasteiger partial charge in [-0.05, 0) is 42.8 Å². The molecular formula is C32H28N10O6S. The van der Waals surface area contributed by atoms with Crippen LogP contribution < -0.4 is 19.7 Å². The summed E-state index contributed by atoms with van der Waals surface area (Å²) in [6.45, 7) is 3.21. The summed E-state index contributed by atoms with van der Waals surface area (Å²) in [5.74, 6) is 2.66. The van der Waals surface area contributed by atoms with Crippen LogP contribution in [0.4, 0.5) is 23.0 Å². The van der Waals surface area contributed by atoms with E-state index in [1.165, 1.54) is 41.2 Å². The Labute approximate surface area is 279 Å².